The Morgan fingerprint density at radius 1 is 1.56 bits per heavy atom. The summed E-state index contributed by atoms with van der Waals surface area (Å²) in [5.41, 5.74) is 6.19. The van der Waals surface area contributed by atoms with Gasteiger partial charge in [-0.15, -0.1) is 11.3 Å². The molecule has 2 heterocycles. The molecule has 0 amide bonds. The van der Waals surface area contributed by atoms with Gasteiger partial charge in [0, 0.05) is 17.0 Å². The molecule has 3 unspecified atom stereocenters. The van der Waals surface area contributed by atoms with Crippen molar-refractivity contribution in [1.29, 1.82) is 0 Å². The average molecular weight is 333 g/mol. The number of hydrogen-bond donors (Lipinski definition) is 2. The van der Waals surface area contributed by atoms with Crippen LogP contribution < -0.4 is 5.73 Å². The Morgan fingerprint density at radius 3 is 2.89 bits per heavy atom. The maximum Gasteiger partial charge on any atom is 0.0702 e. The van der Waals surface area contributed by atoms with Crippen LogP contribution in [0.4, 0.5) is 0 Å². The molecule has 1 aromatic rings. The molecule has 5 heteroatoms. The first-order valence-corrected chi connectivity index (χ1v) is 8.12. The monoisotopic (exact) mass is 332 g/mol. The van der Waals surface area contributed by atoms with E-state index in [1.807, 2.05) is 0 Å². The quantitative estimate of drug-likeness (QED) is 0.891. The number of halogens is 1. The summed E-state index contributed by atoms with van der Waals surface area (Å²) in [4.78, 5) is 3.68. The second kappa shape index (κ2) is 6.48. The van der Waals surface area contributed by atoms with Crippen LogP contribution in [0.3, 0.4) is 0 Å². The molecule has 0 aromatic carbocycles. The fourth-order valence-corrected chi connectivity index (χ4v) is 4.46. The predicted molar refractivity (Wildman–Crippen MR) is 79.8 cm³/mol. The molecule has 1 fully saturated rings. The molecular formula is C13H21BrN2OS. The molecule has 102 valence electrons. The SMILES string of the molecule is CC(N)C(c1ccc(Br)s1)N1CCCCC1CO. The number of piperidine rings is 1. The highest BCUT2D eigenvalue weighted by atomic mass is 79.9. The van der Waals surface area contributed by atoms with Gasteiger partial charge in [0.25, 0.3) is 0 Å². The van der Waals surface area contributed by atoms with Gasteiger partial charge in [0.05, 0.1) is 16.4 Å². The molecule has 1 aliphatic heterocycles. The Labute approximate surface area is 121 Å². The van der Waals surface area contributed by atoms with Crippen LogP contribution in [-0.2, 0) is 0 Å². The Kier molecular flexibility index (Phi) is 5.21. The fraction of sp³-hybridized carbons (Fsp3) is 0.692. The topological polar surface area (TPSA) is 49.5 Å². The Morgan fingerprint density at radius 2 is 2.33 bits per heavy atom. The lowest BCUT2D eigenvalue weighted by Gasteiger charge is -2.41. The zero-order valence-electron chi connectivity index (χ0n) is 10.7. The van der Waals surface area contributed by atoms with Gasteiger partial charge < -0.3 is 10.8 Å². The Bertz CT molecular complexity index is 383. The van der Waals surface area contributed by atoms with Gasteiger partial charge in [-0.1, -0.05) is 6.42 Å². The van der Waals surface area contributed by atoms with Crippen LogP contribution in [-0.4, -0.2) is 35.2 Å². The maximum atomic E-state index is 9.56. The minimum absolute atomic E-state index is 0.0719. The predicted octanol–water partition coefficient (Wildman–Crippen LogP) is 2.75. The van der Waals surface area contributed by atoms with Crippen LogP contribution in [0.2, 0.25) is 0 Å². The molecule has 0 radical (unpaired) electrons. The lowest BCUT2D eigenvalue weighted by molar-refractivity contribution is 0.0457. The molecule has 1 aliphatic rings. The van der Waals surface area contributed by atoms with Crippen molar-refractivity contribution < 1.29 is 5.11 Å². The van der Waals surface area contributed by atoms with Crippen molar-refractivity contribution in [2.75, 3.05) is 13.2 Å². The van der Waals surface area contributed by atoms with E-state index in [0.717, 1.165) is 16.8 Å². The highest BCUT2D eigenvalue weighted by Crippen LogP contribution is 2.35. The molecule has 0 bridgehead atoms. The lowest BCUT2D eigenvalue weighted by atomic mass is 9.97. The summed E-state index contributed by atoms with van der Waals surface area (Å²) in [6.45, 7) is 3.32. The van der Waals surface area contributed by atoms with Crippen LogP contribution in [0.1, 0.15) is 37.1 Å². The van der Waals surface area contributed by atoms with Crippen LogP contribution >= 0.6 is 27.3 Å². The fourth-order valence-electron chi connectivity index (χ4n) is 2.80. The molecule has 0 spiro atoms. The summed E-state index contributed by atoms with van der Waals surface area (Å²) in [5, 5.41) is 9.56. The van der Waals surface area contributed by atoms with Crippen LogP contribution in [0.25, 0.3) is 0 Å². The minimum atomic E-state index is 0.0719. The van der Waals surface area contributed by atoms with E-state index >= 15 is 0 Å². The molecule has 2 rings (SSSR count). The van der Waals surface area contributed by atoms with Gasteiger partial charge in [-0.05, 0) is 54.4 Å². The second-order valence-electron chi connectivity index (χ2n) is 5.02. The molecule has 0 aliphatic carbocycles. The van der Waals surface area contributed by atoms with Gasteiger partial charge in [-0.2, -0.15) is 0 Å². The van der Waals surface area contributed by atoms with Gasteiger partial charge in [0.2, 0.25) is 0 Å². The van der Waals surface area contributed by atoms with E-state index in [1.54, 1.807) is 11.3 Å². The van der Waals surface area contributed by atoms with E-state index in [4.69, 9.17) is 5.73 Å². The summed E-state index contributed by atoms with van der Waals surface area (Å²) in [6, 6.07) is 4.77. The lowest BCUT2D eigenvalue weighted by Crippen LogP contribution is -2.48. The van der Waals surface area contributed by atoms with E-state index in [0.29, 0.717) is 0 Å². The number of hydrogen-bond acceptors (Lipinski definition) is 4. The van der Waals surface area contributed by atoms with Crippen molar-refractivity contribution in [2.45, 2.75) is 44.3 Å². The van der Waals surface area contributed by atoms with Crippen molar-refractivity contribution >= 4 is 27.3 Å². The summed E-state index contributed by atoms with van der Waals surface area (Å²) >= 11 is 5.26. The third-order valence-corrected chi connectivity index (χ3v) is 5.32. The summed E-state index contributed by atoms with van der Waals surface area (Å²) in [5.74, 6) is 0. The van der Waals surface area contributed by atoms with Gasteiger partial charge in [0.1, 0.15) is 0 Å². The van der Waals surface area contributed by atoms with E-state index in [9.17, 15) is 5.11 Å². The average Bonchev–Trinajstić information content (AvgIpc) is 2.76. The maximum absolute atomic E-state index is 9.56. The first kappa shape index (κ1) is 14.5. The molecule has 1 saturated heterocycles. The number of rotatable bonds is 4. The Balaban J connectivity index is 2.23. The van der Waals surface area contributed by atoms with Crippen LogP contribution in [0.15, 0.2) is 15.9 Å². The summed E-state index contributed by atoms with van der Waals surface area (Å²) in [7, 11) is 0. The third-order valence-electron chi connectivity index (χ3n) is 3.62. The van der Waals surface area contributed by atoms with E-state index in [2.05, 4.69) is 39.9 Å². The number of aliphatic hydroxyl groups excluding tert-OH is 1. The van der Waals surface area contributed by atoms with E-state index in [1.165, 1.54) is 17.7 Å². The normalized spacial score (nSPS) is 25.0. The van der Waals surface area contributed by atoms with Crippen LogP contribution in [0.5, 0.6) is 0 Å². The second-order valence-corrected chi connectivity index (χ2v) is 7.51. The standard InChI is InChI=1S/C13H21BrN2OS/c1-9(15)13(11-5-6-12(14)18-11)16-7-3-2-4-10(16)8-17/h5-6,9-10,13,17H,2-4,7-8,15H2,1H3. The number of likely N-dealkylation sites (tertiary alicyclic amines) is 1. The van der Waals surface area contributed by atoms with Crippen molar-refractivity contribution in [3.63, 3.8) is 0 Å². The van der Waals surface area contributed by atoms with Gasteiger partial charge in [0.15, 0.2) is 0 Å². The third kappa shape index (κ3) is 3.14. The first-order valence-electron chi connectivity index (χ1n) is 6.51. The van der Waals surface area contributed by atoms with Gasteiger partial charge in [-0.3, -0.25) is 4.90 Å². The van der Waals surface area contributed by atoms with Crippen molar-refractivity contribution in [3.8, 4) is 0 Å². The Hall–Kier alpha value is 0.0600. The molecule has 1 aromatic heterocycles. The van der Waals surface area contributed by atoms with Crippen molar-refractivity contribution in [1.82, 2.24) is 4.90 Å². The number of thiophene rings is 1. The molecule has 3 atom stereocenters. The summed E-state index contributed by atoms with van der Waals surface area (Å²) < 4.78 is 1.14. The van der Waals surface area contributed by atoms with Gasteiger partial charge >= 0.3 is 0 Å². The zero-order valence-corrected chi connectivity index (χ0v) is 13.1. The number of aliphatic hydroxyl groups is 1. The smallest absolute Gasteiger partial charge is 0.0702 e. The van der Waals surface area contributed by atoms with Crippen molar-refractivity contribution in [2.24, 2.45) is 5.73 Å². The molecule has 0 saturated carbocycles. The van der Waals surface area contributed by atoms with Crippen LogP contribution in [0, 0.1) is 0 Å². The van der Waals surface area contributed by atoms with E-state index < -0.39 is 0 Å². The molecule has 3 N–H and O–H groups in total. The zero-order chi connectivity index (χ0) is 13.1. The van der Waals surface area contributed by atoms with E-state index in [-0.39, 0.29) is 24.7 Å². The largest absolute Gasteiger partial charge is 0.395 e. The molecule has 18 heavy (non-hydrogen) atoms. The summed E-state index contributed by atoms with van der Waals surface area (Å²) in [6.07, 6.45) is 3.49. The van der Waals surface area contributed by atoms with Gasteiger partial charge in [-0.25, -0.2) is 0 Å². The van der Waals surface area contributed by atoms with Crippen molar-refractivity contribution in [3.05, 3.63) is 20.8 Å². The molecule has 3 nitrogen and oxygen atoms in total. The molecular weight excluding hydrogens is 312 g/mol. The highest BCUT2D eigenvalue weighted by Gasteiger charge is 2.32. The highest BCUT2D eigenvalue weighted by molar-refractivity contribution is 9.11. The minimum Gasteiger partial charge on any atom is -0.395 e. The first-order chi connectivity index (χ1) is 8.63. The number of nitrogens with two attached hydrogens (primary N) is 1. The number of nitrogens with zero attached hydrogens (tertiary/aromatic N) is 1.